The lowest BCUT2D eigenvalue weighted by atomic mass is 9.94. The molecule has 0 aliphatic carbocycles. The maximum Gasteiger partial charge on any atom is 0.300 e. The van der Waals surface area contributed by atoms with Gasteiger partial charge in [-0.25, -0.2) is 0 Å². The minimum atomic E-state index is -0.862. The Morgan fingerprint density at radius 3 is 2.16 bits per heavy atom. The summed E-state index contributed by atoms with van der Waals surface area (Å²) >= 11 is 0. The Balaban J connectivity index is 1.86. The van der Waals surface area contributed by atoms with E-state index >= 15 is 0 Å². The van der Waals surface area contributed by atoms with E-state index in [-0.39, 0.29) is 11.3 Å². The smallest absolute Gasteiger partial charge is 0.300 e. The van der Waals surface area contributed by atoms with Crippen LogP contribution in [0.15, 0.2) is 72.3 Å². The lowest BCUT2D eigenvalue weighted by molar-refractivity contribution is -0.132. The quantitative estimate of drug-likeness (QED) is 0.243. The first-order chi connectivity index (χ1) is 17.7. The summed E-state index contributed by atoms with van der Waals surface area (Å²) in [5.74, 6) is 0.263. The van der Waals surface area contributed by atoms with Crippen LogP contribution in [0, 0.1) is 12.8 Å². The normalized spacial score (nSPS) is 16.8. The summed E-state index contributed by atoms with van der Waals surface area (Å²) in [5, 5.41) is 11.5. The third kappa shape index (κ3) is 5.16. The fraction of sp³-hybridized carbons (Fsp3) is 0.267. The summed E-state index contributed by atoms with van der Waals surface area (Å²) in [6.45, 7) is 6.56. The third-order valence-electron chi connectivity index (χ3n) is 6.18. The second-order valence-electron chi connectivity index (χ2n) is 9.34. The molecule has 7 heteroatoms. The number of carbonyl (C=O) groups excluding carboxylic acids is 2. The van der Waals surface area contributed by atoms with Gasteiger partial charge in [-0.1, -0.05) is 37.6 Å². The summed E-state index contributed by atoms with van der Waals surface area (Å²) in [5.41, 5.74) is 2.36. The number of Topliss-reactive ketones (excluding diaryl/α,β-unsaturated/α-hetero) is 1. The summed E-state index contributed by atoms with van der Waals surface area (Å²) in [6.07, 6.45) is 0. The van der Waals surface area contributed by atoms with E-state index in [1.165, 1.54) is 12.0 Å². The molecule has 7 nitrogen and oxygen atoms in total. The van der Waals surface area contributed by atoms with Crippen LogP contribution in [0.4, 0.5) is 5.69 Å². The Morgan fingerprint density at radius 2 is 1.57 bits per heavy atom. The summed E-state index contributed by atoms with van der Waals surface area (Å²) in [7, 11) is 3.05. The largest absolute Gasteiger partial charge is 0.507 e. The number of hydrogen-bond donors (Lipinski definition) is 1. The molecule has 1 amide bonds. The molecule has 1 unspecified atom stereocenters. The van der Waals surface area contributed by atoms with Crippen molar-refractivity contribution in [2.75, 3.05) is 25.7 Å². The number of carbonyl (C=O) groups is 2. The van der Waals surface area contributed by atoms with Crippen molar-refractivity contribution < 1.29 is 28.9 Å². The zero-order chi connectivity index (χ0) is 26.7. The molecule has 37 heavy (non-hydrogen) atoms. The standard InChI is InChI=1S/C30H31NO6/c1-18(2)17-37-23-13-9-21(10-14-23)31-27(20-7-11-22(35-4)12-8-20)26(29(33)30(31)34)28(32)24-16-19(3)6-15-25(24)36-5/h6-16,18,27,32H,17H2,1-5H3/b28-26+. The molecule has 4 rings (SSSR count). The lowest BCUT2D eigenvalue weighted by Gasteiger charge is -2.26. The molecule has 1 saturated heterocycles. The van der Waals surface area contributed by atoms with Gasteiger partial charge in [-0.15, -0.1) is 0 Å². The van der Waals surface area contributed by atoms with Crippen molar-refractivity contribution >= 4 is 23.1 Å². The van der Waals surface area contributed by atoms with Crippen LogP contribution in [-0.2, 0) is 9.59 Å². The first kappa shape index (κ1) is 25.8. The highest BCUT2D eigenvalue weighted by atomic mass is 16.5. The molecule has 1 aliphatic rings. The minimum Gasteiger partial charge on any atom is -0.507 e. The fourth-order valence-corrected chi connectivity index (χ4v) is 4.32. The Morgan fingerprint density at radius 1 is 0.919 bits per heavy atom. The number of anilines is 1. The molecule has 0 radical (unpaired) electrons. The lowest BCUT2D eigenvalue weighted by Crippen LogP contribution is -2.29. The molecule has 192 valence electrons. The van der Waals surface area contributed by atoms with Crippen molar-refractivity contribution in [3.63, 3.8) is 0 Å². The number of aliphatic hydroxyl groups is 1. The summed E-state index contributed by atoms with van der Waals surface area (Å²) in [4.78, 5) is 28.3. The highest BCUT2D eigenvalue weighted by Crippen LogP contribution is 2.44. The van der Waals surface area contributed by atoms with Crippen LogP contribution >= 0.6 is 0 Å². The number of hydrogen-bond acceptors (Lipinski definition) is 6. The predicted octanol–water partition coefficient (Wildman–Crippen LogP) is 5.67. The maximum atomic E-state index is 13.4. The van der Waals surface area contributed by atoms with Crippen LogP contribution in [0.2, 0.25) is 0 Å². The van der Waals surface area contributed by atoms with Gasteiger partial charge in [0.05, 0.1) is 38.0 Å². The van der Waals surface area contributed by atoms with Crippen molar-refractivity contribution in [1.82, 2.24) is 0 Å². The molecular formula is C30H31NO6. The third-order valence-corrected chi connectivity index (χ3v) is 6.18. The summed E-state index contributed by atoms with van der Waals surface area (Å²) in [6, 6.07) is 18.5. The molecule has 1 fully saturated rings. The first-order valence-electron chi connectivity index (χ1n) is 12.1. The number of methoxy groups -OCH3 is 2. The Kier molecular flexibility index (Phi) is 7.53. The van der Waals surface area contributed by atoms with Gasteiger partial charge in [0, 0.05) is 5.69 Å². The zero-order valence-electron chi connectivity index (χ0n) is 21.6. The predicted molar refractivity (Wildman–Crippen MR) is 142 cm³/mol. The van der Waals surface area contributed by atoms with E-state index in [9.17, 15) is 14.7 Å². The van der Waals surface area contributed by atoms with Crippen molar-refractivity contribution in [1.29, 1.82) is 0 Å². The van der Waals surface area contributed by atoms with Gasteiger partial charge in [-0.3, -0.25) is 14.5 Å². The Labute approximate surface area is 216 Å². The maximum absolute atomic E-state index is 13.4. The number of ketones is 1. The molecule has 1 aliphatic heterocycles. The fourth-order valence-electron chi connectivity index (χ4n) is 4.32. The second kappa shape index (κ2) is 10.8. The van der Waals surface area contributed by atoms with Crippen molar-refractivity contribution in [3.05, 3.63) is 89.0 Å². The van der Waals surface area contributed by atoms with Gasteiger partial charge < -0.3 is 19.3 Å². The van der Waals surface area contributed by atoms with Gasteiger partial charge in [0.25, 0.3) is 11.7 Å². The number of rotatable bonds is 8. The molecule has 0 aromatic heterocycles. The molecular weight excluding hydrogens is 470 g/mol. The van der Waals surface area contributed by atoms with Crippen LogP contribution in [-0.4, -0.2) is 37.6 Å². The monoisotopic (exact) mass is 501 g/mol. The molecule has 3 aromatic rings. The van der Waals surface area contributed by atoms with Gasteiger partial charge in [-0.2, -0.15) is 0 Å². The van der Waals surface area contributed by atoms with Gasteiger partial charge in [0.2, 0.25) is 0 Å². The molecule has 1 atom stereocenters. The molecule has 3 aromatic carbocycles. The van der Waals surface area contributed by atoms with E-state index in [0.29, 0.717) is 46.6 Å². The van der Waals surface area contributed by atoms with Gasteiger partial charge in [0.1, 0.15) is 23.0 Å². The number of aliphatic hydroxyl groups excluding tert-OH is 1. The second-order valence-corrected chi connectivity index (χ2v) is 9.34. The number of nitrogens with zero attached hydrogens (tertiary/aromatic N) is 1. The van der Waals surface area contributed by atoms with Gasteiger partial charge >= 0.3 is 0 Å². The highest BCUT2D eigenvalue weighted by molar-refractivity contribution is 6.51. The van der Waals surface area contributed by atoms with Gasteiger partial charge in [0.15, 0.2) is 0 Å². The average Bonchev–Trinajstić information content (AvgIpc) is 3.17. The van der Waals surface area contributed by atoms with Crippen molar-refractivity contribution in [2.45, 2.75) is 26.8 Å². The Bertz CT molecular complexity index is 1330. The number of amides is 1. The SMILES string of the molecule is COc1ccc(C2/C(=C(\O)c3cc(C)ccc3OC)C(=O)C(=O)N2c2ccc(OCC(C)C)cc2)cc1. The Hall–Kier alpha value is -4.26. The van der Waals surface area contributed by atoms with Crippen LogP contribution in [0.1, 0.15) is 36.6 Å². The van der Waals surface area contributed by atoms with E-state index in [2.05, 4.69) is 13.8 Å². The number of aryl methyl sites for hydroxylation is 1. The van der Waals surface area contributed by atoms with E-state index in [1.807, 2.05) is 13.0 Å². The van der Waals surface area contributed by atoms with Crippen LogP contribution in [0.5, 0.6) is 17.2 Å². The highest BCUT2D eigenvalue weighted by Gasteiger charge is 2.47. The first-order valence-corrected chi connectivity index (χ1v) is 12.1. The number of ether oxygens (including phenoxy) is 3. The van der Waals surface area contributed by atoms with E-state index in [0.717, 1.165) is 5.56 Å². The average molecular weight is 502 g/mol. The van der Waals surface area contributed by atoms with E-state index < -0.39 is 17.7 Å². The van der Waals surface area contributed by atoms with Crippen molar-refractivity contribution in [2.24, 2.45) is 5.92 Å². The molecule has 1 N–H and O–H groups in total. The van der Waals surface area contributed by atoms with E-state index in [4.69, 9.17) is 14.2 Å². The topological polar surface area (TPSA) is 85.3 Å². The minimum absolute atomic E-state index is 0.0146. The molecule has 0 saturated carbocycles. The van der Waals surface area contributed by atoms with Gasteiger partial charge in [-0.05, 0) is 66.9 Å². The van der Waals surface area contributed by atoms with Crippen LogP contribution in [0.25, 0.3) is 5.76 Å². The van der Waals surface area contributed by atoms with E-state index in [1.54, 1.807) is 67.8 Å². The molecule has 1 heterocycles. The molecule has 0 bridgehead atoms. The number of benzene rings is 3. The zero-order valence-corrected chi connectivity index (χ0v) is 21.6. The summed E-state index contributed by atoms with van der Waals surface area (Å²) < 4.78 is 16.5. The van der Waals surface area contributed by atoms with Crippen LogP contribution < -0.4 is 19.1 Å². The molecule has 0 spiro atoms. The van der Waals surface area contributed by atoms with Crippen molar-refractivity contribution in [3.8, 4) is 17.2 Å². The van der Waals surface area contributed by atoms with Crippen LogP contribution in [0.3, 0.4) is 0 Å².